The number of hydrogen-bond donors (Lipinski definition) is 1. The molecule has 2 N–H and O–H groups in total. The Hall–Kier alpha value is -4.02. The summed E-state index contributed by atoms with van der Waals surface area (Å²) < 4.78 is 45.5. The van der Waals surface area contributed by atoms with E-state index in [4.69, 9.17) is 43.1 Å². The van der Waals surface area contributed by atoms with Crippen molar-refractivity contribution in [3.8, 4) is 11.5 Å². The molecule has 0 aliphatic carbocycles. The maximum Gasteiger partial charge on any atom is 0.338 e. The normalized spacial score (nSPS) is 11.5. The minimum absolute atomic E-state index is 0.0767. The highest BCUT2D eigenvalue weighted by Gasteiger charge is 2.38. The van der Waals surface area contributed by atoms with Crippen LogP contribution in [0.1, 0.15) is 33.0 Å². The first-order chi connectivity index (χ1) is 22.5. The van der Waals surface area contributed by atoms with Gasteiger partial charge in [0.05, 0.1) is 5.56 Å². The summed E-state index contributed by atoms with van der Waals surface area (Å²) in [7, 11) is 2.00. The van der Waals surface area contributed by atoms with E-state index in [1.54, 1.807) is 12.1 Å². The van der Waals surface area contributed by atoms with Crippen LogP contribution in [0.2, 0.25) is 10.0 Å². The lowest BCUT2D eigenvalue weighted by molar-refractivity contribution is -0.145. The van der Waals surface area contributed by atoms with Crippen LogP contribution in [0.3, 0.4) is 0 Å². The molecular formula is C36H36Cl2F2N2O5. The number of ether oxygens (including phenoxy) is 3. The van der Waals surface area contributed by atoms with E-state index >= 15 is 0 Å². The summed E-state index contributed by atoms with van der Waals surface area (Å²) in [6.07, 6.45) is -0.777. The molecule has 248 valence electrons. The first kappa shape index (κ1) is 35.8. The maximum absolute atomic E-state index is 14.7. The van der Waals surface area contributed by atoms with Gasteiger partial charge in [0.25, 0.3) is 0 Å². The smallest absolute Gasteiger partial charge is 0.338 e. The number of Topliss-reactive ketones (excluding diaryl/α,β-unsaturated/α-hetero) is 1. The van der Waals surface area contributed by atoms with Crippen LogP contribution in [-0.2, 0) is 16.0 Å². The lowest BCUT2D eigenvalue weighted by atomic mass is 9.91. The Balaban J connectivity index is 1.24. The van der Waals surface area contributed by atoms with Crippen LogP contribution in [-0.4, -0.2) is 69.1 Å². The fourth-order valence-electron chi connectivity index (χ4n) is 4.75. The fraction of sp³-hybridized carbons (Fsp3) is 0.278. The molecule has 7 nitrogen and oxygen atoms in total. The van der Waals surface area contributed by atoms with Crippen molar-refractivity contribution in [2.45, 2.75) is 18.3 Å². The van der Waals surface area contributed by atoms with Crippen LogP contribution in [0.15, 0.2) is 97.1 Å². The van der Waals surface area contributed by atoms with Crippen molar-refractivity contribution in [3.05, 3.63) is 129 Å². The van der Waals surface area contributed by atoms with Gasteiger partial charge in [-0.1, -0.05) is 59.6 Å². The highest BCUT2D eigenvalue weighted by molar-refractivity contribution is 6.30. The largest absolute Gasteiger partial charge is 0.492 e. The Morgan fingerprint density at radius 1 is 0.787 bits per heavy atom. The number of nitrogens with zero attached hydrogens (tertiary/aromatic N) is 1. The average molecular weight is 686 g/mol. The highest BCUT2D eigenvalue weighted by atomic mass is 35.5. The van der Waals surface area contributed by atoms with Crippen LogP contribution in [0, 0.1) is 0 Å². The number of esters is 1. The van der Waals surface area contributed by atoms with E-state index in [9.17, 15) is 18.4 Å². The van der Waals surface area contributed by atoms with Crippen molar-refractivity contribution in [3.63, 3.8) is 0 Å². The Labute approximate surface area is 283 Å². The van der Waals surface area contributed by atoms with E-state index in [-0.39, 0.29) is 35.9 Å². The number of carbonyl (C=O) groups is 2. The Bertz CT molecular complexity index is 1540. The summed E-state index contributed by atoms with van der Waals surface area (Å²) in [5, 5.41) is 1.34. The molecule has 4 rings (SSSR count). The zero-order valence-electron chi connectivity index (χ0n) is 25.8. The van der Waals surface area contributed by atoms with Gasteiger partial charge >= 0.3 is 11.9 Å². The molecule has 0 saturated carbocycles. The zero-order valence-corrected chi connectivity index (χ0v) is 27.4. The predicted molar refractivity (Wildman–Crippen MR) is 179 cm³/mol. The molecule has 0 atom stereocenters. The maximum atomic E-state index is 14.7. The topological polar surface area (TPSA) is 91.1 Å². The number of likely N-dealkylation sites (N-methyl/N-ethyl adjacent to an activating group) is 1. The molecule has 0 saturated heterocycles. The monoisotopic (exact) mass is 684 g/mol. The molecular weight excluding hydrogens is 649 g/mol. The molecule has 4 aromatic carbocycles. The Morgan fingerprint density at radius 2 is 1.32 bits per heavy atom. The second kappa shape index (κ2) is 17.2. The molecule has 0 fully saturated rings. The molecule has 0 bridgehead atoms. The molecule has 11 heteroatoms. The molecule has 0 aliphatic rings. The van der Waals surface area contributed by atoms with Crippen LogP contribution in [0.5, 0.6) is 11.5 Å². The lowest BCUT2D eigenvalue weighted by Crippen LogP contribution is -2.35. The number of carbonyl (C=O) groups excluding carboxylic acids is 2. The second-order valence-corrected chi connectivity index (χ2v) is 11.8. The molecule has 0 amide bonds. The summed E-state index contributed by atoms with van der Waals surface area (Å²) in [4.78, 5) is 26.3. The van der Waals surface area contributed by atoms with Gasteiger partial charge in [0.15, 0.2) is 6.61 Å². The van der Waals surface area contributed by atoms with Crippen molar-refractivity contribution < 1.29 is 32.6 Å². The van der Waals surface area contributed by atoms with Crippen molar-refractivity contribution in [2.24, 2.45) is 5.73 Å². The fourth-order valence-corrected chi connectivity index (χ4v) is 5.00. The van der Waals surface area contributed by atoms with E-state index < -0.39 is 30.7 Å². The van der Waals surface area contributed by atoms with E-state index in [2.05, 4.69) is 4.90 Å². The number of hydrogen-bond acceptors (Lipinski definition) is 7. The number of benzene rings is 4. The molecule has 0 aliphatic heterocycles. The van der Waals surface area contributed by atoms with Gasteiger partial charge in [-0.25, -0.2) is 4.79 Å². The number of ketones is 1. The average Bonchev–Trinajstić information content (AvgIpc) is 3.07. The summed E-state index contributed by atoms with van der Waals surface area (Å²) in [6, 6.07) is 27.4. The van der Waals surface area contributed by atoms with Gasteiger partial charge in [-0.15, -0.1) is 0 Å². The standard InChI is InChI=1S/C36H36Cl2F2N2O5/c1-42(23-33(26-4-10-29(37)11-5-26)27-6-12-30(38)13-7-27)19-21-45-31-14-2-25(3-15-31)22-36(39,40)34(43)24-47-32-16-8-28(9-17-32)35(44)46-20-18-41/h2-17,33H,18-24,41H2,1H3. The summed E-state index contributed by atoms with van der Waals surface area (Å²) in [6.45, 7) is 1.16. The third kappa shape index (κ3) is 11.0. The van der Waals surface area contributed by atoms with Crippen LogP contribution < -0.4 is 15.2 Å². The molecule has 0 spiro atoms. The minimum atomic E-state index is -3.64. The summed E-state index contributed by atoms with van der Waals surface area (Å²) >= 11 is 12.2. The number of rotatable bonds is 17. The van der Waals surface area contributed by atoms with E-state index in [1.807, 2.05) is 55.6 Å². The molecule has 0 radical (unpaired) electrons. The molecule has 47 heavy (non-hydrogen) atoms. The van der Waals surface area contributed by atoms with Gasteiger partial charge in [0, 0.05) is 42.0 Å². The summed E-state index contributed by atoms with van der Waals surface area (Å²) in [5.41, 5.74) is 8.08. The van der Waals surface area contributed by atoms with Crippen molar-refractivity contribution >= 4 is 35.0 Å². The van der Waals surface area contributed by atoms with E-state index in [1.165, 1.54) is 36.4 Å². The predicted octanol–water partition coefficient (Wildman–Crippen LogP) is 7.08. The number of halogens is 4. The quantitative estimate of drug-likeness (QED) is 0.119. The Kier molecular flexibility index (Phi) is 13.1. The van der Waals surface area contributed by atoms with Gasteiger partial charge < -0.3 is 24.8 Å². The van der Waals surface area contributed by atoms with Crippen molar-refractivity contribution in [1.82, 2.24) is 4.90 Å². The van der Waals surface area contributed by atoms with Crippen molar-refractivity contribution in [2.75, 3.05) is 46.5 Å². The number of nitrogens with two attached hydrogens (primary N) is 1. The molecule has 0 unspecified atom stereocenters. The zero-order chi connectivity index (χ0) is 33.8. The van der Waals surface area contributed by atoms with E-state index in [0.29, 0.717) is 35.5 Å². The lowest BCUT2D eigenvalue weighted by Gasteiger charge is -2.25. The number of alkyl halides is 2. The van der Waals surface area contributed by atoms with Crippen LogP contribution in [0.25, 0.3) is 0 Å². The van der Waals surface area contributed by atoms with E-state index in [0.717, 1.165) is 11.1 Å². The highest BCUT2D eigenvalue weighted by Crippen LogP contribution is 2.28. The summed E-state index contributed by atoms with van der Waals surface area (Å²) in [5.74, 6) is -4.78. The van der Waals surface area contributed by atoms with Crippen LogP contribution >= 0.6 is 23.2 Å². The third-order valence-electron chi connectivity index (χ3n) is 7.35. The van der Waals surface area contributed by atoms with Gasteiger partial charge in [-0.2, -0.15) is 8.78 Å². The van der Waals surface area contributed by atoms with Crippen molar-refractivity contribution in [1.29, 1.82) is 0 Å². The SMILES string of the molecule is CN(CCOc1ccc(CC(F)(F)C(=O)COc2ccc(C(=O)OCCN)cc2)cc1)CC(c1ccc(Cl)cc1)c1ccc(Cl)cc1. The van der Waals surface area contributed by atoms with Crippen LogP contribution in [0.4, 0.5) is 8.78 Å². The minimum Gasteiger partial charge on any atom is -0.492 e. The van der Waals surface area contributed by atoms with Gasteiger partial charge in [-0.3, -0.25) is 4.79 Å². The van der Waals surface area contributed by atoms with Gasteiger partial charge in [-0.05, 0) is 84.4 Å². The second-order valence-electron chi connectivity index (χ2n) is 11.0. The first-order valence-electron chi connectivity index (χ1n) is 15.0. The first-order valence-corrected chi connectivity index (χ1v) is 15.7. The third-order valence-corrected chi connectivity index (χ3v) is 7.85. The van der Waals surface area contributed by atoms with Gasteiger partial charge in [0.2, 0.25) is 5.78 Å². The van der Waals surface area contributed by atoms with Gasteiger partial charge in [0.1, 0.15) is 24.7 Å². The molecule has 4 aromatic rings. The molecule has 0 heterocycles. The Morgan fingerprint density at radius 3 is 1.87 bits per heavy atom. The molecule has 0 aromatic heterocycles.